The number of rotatable bonds is 4. The number of hydrogen-bond acceptors (Lipinski definition) is 4. The normalized spacial score (nSPS) is 10.3. The van der Waals surface area contributed by atoms with Gasteiger partial charge in [0.25, 0.3) is 0 Å². The average molecular weight is 246 g/mol. The Bertz CT molecular complexity index is 542. The molecule has 0 atom stereocenters. The third-order valence-corrected chi connectivity index (χ3v) is 2.74. The lowest BCUT2D eigenvalue weighted by Crippen LogP contribution is -2.08. The monoisotopic (exact) mass is 246 g/mol. The molecule has 4 nitrogen and oxygen atoms in total. The van der Waals surface area contributed by atoms with Gasteiger partial charge in [0, 0.05) is 17.7 Å². The second-order valence-electron chi connectivity index (χ2n) is 3.88. The van der Waals surface area contributed by atoms with Crippen molar-refractivity contribution in [2.24, 2.45) is 0 Å². The van der Waals surface area contributed by atoms with E-state index in [-0.39, 0.29) is 5.82 Å². The summed E-state index contributed by atoms with van der Waals surface area (Å²) in [6.45, 7) is 2.35. The molecule has 1 heterocycles. The average Bonchev–Trinajstić information content (AvgIpc) is 2.38. The molecule has 2 aromatic rings. The van der Waals surface area contributed by atoms with Gasteiger partial charge in [-0.25, -0.2) is 14.4 Å². The van der Waals surface area contributed by atoms with Gasteiger partial charge in [-0.2, -0.15) is 0 Å². The molecule has 0 aliphatic rings. The van der Waals surface area contributed by atoms with Crippen LogP contribution in [0.3, 0.4) is 0 Å². The van der Waals surface area contributed by atoms with Crippen LogP contribution in [0.1, 0.15) is 18.1 Å². The molecule has 94 valence electrons. The number of nitrogens with one attached hydrogen (secondary N) is 1. The van der Waals surface area contributed by atoms with Crippen LogP contribution in [0.5, 0.6) is 0 Å². The van der Waals surface area contributed by atoms with E-state index in [1.165, 1.54) is 12.4 Å². The number of benzene rings is 1. The van der Waals surface area contributed by atoms with Crippen molar-refractivity contribution >= 4 is 11.6 Å². The molecule has 1 aromatic carbocycles. The van der Waals surface area contributed by atoms with Crippen LogP contribution >= 0.6 is 0 Å². The molecule has 0 radical (unpaired) electrons. The van der Waals surface area contributed by atoms with Crippen LogP contribution in [0.4, 0.5) is 16.0 Å². The summed E-state index contributed by atoms with van der Waals surface area (Å²) in [4.78, 5) is 8.07. The van der Waals surface area contributed by atoms with Gasteiger partial charge >= 0.3 is 0 Å². The van der Waals surface area contributed by atoms with E-state index in [1.54, 1.807) is 18.2 Å². The van der Waals surface area contributed by atoms with E-state index in [1.807, 2.05) is 6.92 Å². The lowest BCUT2D eigenvalue weighted by Gasteiger charge is -2.11. The number of nitrogens with two attached hydrogens (primary N) is 1. The minimum atomic E-state index is -0.231. The van der Waals surface area contributed by atoms with Crippen molar-refractivity contribution in [1.82, 2.24) is 9.97 Å². The van der Waals surface area contributed by atoms with Gasteiger partial charge in [0.05, 0.1) is 0 Å². The van der Waals surface area contributed by atoms with Crippen LogP contribution in [-0.4, -0.2) is 9.97 Å². The number of hydrogen-bond donors (Lipinski definition) is 2. The molecule has 3 N–H and O–H groups in total. The molecule has 1 aromatic heterocycles. The summed E-state index contributed by atoms with van der Waals surface area (Å²) in [5.41, 5.74) is 7.22. The molecule has 0 saturated heterocycles. The number of aromatic nitrogens is 2. The first kappa shape index (κ1) is 12.3. The van der Waals surface area contributed by atoms with E-state index in [4.69, 9.17) is 5.73 Å². The molecule has 0 spiro atoms. The maximum absolute atomic E-state index is 13.5. The molecule has 2 rings (SSSR count). The van der Waals surface area contributed by atoms with Crippen LogP contribution in [-0.2, 0) is 13.0 Å². The third-order valence-electron chi connectivity index (χ3n) is 2.74. The summed E-state index contributed by atoms with van der Waals surface area (Å²) in [5.74, 6) is 0.891. The topological polar surface area (TPSA) is 63.8 Å². The van der Waals surface area contributed by atoms with Crippen molar-refractivity contribution in [3.63, 3.8) is 0 Å². The fourth-order valence-corrected chi connectivity index (χ4v) is 1.75. The Labute approximate surface area is 105 Å². The summed E-state index contributed by atoms with van der Waals surface area (Å²) in [5, 5.41) is 3.09. The third kappa shape index (κ3) is 2.56. The summed E-state index contributed by atoms with van der Waals surface area (Å²) in [6, 6.07) is 6.64. The van der Waals surface area contributed by atoms with E-state index in [0.29, 0.717) is 23.7 Å². The predicted molar refractivity (Wildman–Crippen MR) is 69.5 cm³/mol. The SMILES string of the molecule is CCc1c(N)ncnc1NCc1ccccc1F. The Balaban J connectivity index is 2.16. The van der Waals surface area contributed by atoms with Gasteiger partial charge in [0.1, 0.15) is 23.8 Å². The number of nitrogens with zero attached hydrogens (tertiary/aromatic N) is 2. The van der Waals surface area contributed by atoms with Crippen molar-refractivity contribution in [1.29, 1.82) is 0 Å². The van der Waals surface area contributed by atoms with E-state index in [0.717, 1.165) is 12.0 Å². The van der Waals surface area contributed by atoms with Crippen molar-refractivity contribution in [3.05, 3.63) is 47.5 Å². The quantitative estimate of drug-likeness (QED) is 0.869. The van der Waals surface area contributed by atoms with Gasteiger partial charge in [-0.1, -0.05) is 25.1 Å². The molecule has 0 amide bonds. The zero-order valence-corrected chi connectivity index (χ0v) is 10.2. The van der Waals surface area contributed by atoms with Crippen molar-refractivity contribution in [2.45, 2.75) is 19.9 Å². The van der Waals surface area contributed by atoms with Gasteiger partial charge in [-0.05, 0) is 12.5 Å². The molecule has 5 heteroatoms. The van der Waals surface area contributed by atoms with Crippen molar-refractivity contribution < 1.29 is 4.39 Å². The zero-order valence-electron chi connectivity index (χ0n) is 10.2. The van der Waals surface area contributed by atoms with Crippen LogP contribution in [0.2, 0.25) is 0 Å². The fraction of sp³-hybridized carbons (Fsp3) is 0.231. The molecule has 0 saturated carbocycles. The molecule has 0 aliphatic heterocycles. The second kappa shape index (κ2) is 5.44. The second-order valence-corrected chi connectivity index (χ2v) is 3.88. The Morgan fingerprint density at radius 2 is 2.06 bits per heavy atom. The predicted octanol–water partition coefficient (Wildman–Crippen LogP) is 2.37. The zero-order chi connectivity index (χ0) is 13.0. The Kier molecular flexibility index (Phi) is 3.72. The number of halogens is 1. The van der Waals surface area contributed by atoms with Gasteiger partial charge in [0.15, 0.2) is 0 Å². The minimum Gasteiger partial charge on any atom is -0.383 e. The first-order chi connectivity index (χ1) is 8.72. The van der Waals surface area contributed by atoms with E-state index in [9.17, 15) is 4.39 Å². The summed E-state index contributed by atoms with van der Waals surface area (Å²) in [7, 11) is 0. The molecule has 0 bridgehead atoms. The highest BCUT2D eigenvalue weighted by Gasteiger charge is 2.07. The minimum absolute atomic E-state index is 0.231. The van der Waals surface area contributed by atoms with E-state index >= 15 is 0 Å². The summed E-state index contributed by atoms with van der Waals surface area (Å²) in [6.07, 6.45) is 2.13. The van der Waals surface area contributed by atoms with Crippen LogP contribution in [0.15, 0.2) is 30.6 Å². The number of anilines is 2. The highest BCUT2D eigenvalue weighted by Crippen LogP contribution is 2.18. The van der Waals surface area contributed by atoms with Crippen LogP contribution in [0.25, 0.3) is 0 Å². The van der Waals surface area contributed by atoms with Crippen molar-refractivity contribution in [2.75, 3.05) is 11.1 Å². The molecular formula is C13H15FN4. The first-order valence-corrected chi connectivity index (χ1v) is 5.79. The summed E-state index contributed by atoms with van der Waals surface area (Å²) >= 11 is 0. The Morgan fingerprint density at radius 3 is 2.78 bits per heavy atom. The van der Waals surface area contributed by atoms with E-state index < -0.39 is 0 Å². The molecule has 0 unspecified atom stereocenters. The smallest absolute Gasteiger partial charge is 0.134 e. The maximum Gasteiger partial charge on any atom is 0.134 e. The molecular weight excluding hydrogens is 231 g/mol. The molecule has 0 fully saturated rings. The van der Waals surface area contributed by atoms with Gasteiger partial charge in [-0.3, -0.25) is 0 Å². The first-order valence-electron chi connectivity index (χ1n) is 5.79. The lowest BCUT2D eigenvalue weighted by molar-refractivity contribution is 0.613. The number of nitrogen functional groups attached to an aromatic ring is 1. The van der Waals surface area contributed by atoms with Crippen LogP contribution < -0.4 is 11.1 Å². The fourth-order valence-electron chi connectivity index (χ4n) is 1.75. The molecule has 0 aliphatic carbocycles. The van der Waals surface area contributed by atoms with Gasteiger partial charge < -0.3 is 11.1 Å². The summed E-state index contributed by atoms with van der Waals surface area (Å²) < 4.78 is 13.5. The maximum atomic E-state index is 13.5. The largest absolute Gasteiger partial charge is 0.383 e. The Morgan fingerprint density at radius 1 is 1.28 bits per heavy atom. The van der Waals surface area contributed by atoms with Crippen LogP contribution in [0, 0.1) is 5.82 Å². The van der Waals surface area contributed by atoms with Gasteiger partial charge in [0.2, 0.25) is 0 Å². The van der Waals surface area contributed by atoms with E-state index in [2.05, 4.69) is 15.3 Å². The lowest BCUT2D eigenvalue weighted by atomic mass is 10.2. The highest BCUT2D eigenvalue weighted by atomic mass is 19.1. The van der Waals surface area contributed by atoms with Gasteiger partial charge in [-0.15, -0.1) is 0 Å². The Hall–Kier alpha value is -2.17. The van der Waals surface area contributed by atoms with Crippen molar-refractivity contribution in [3.8, 4) is 0 Å². The standard InChI is InChI=1S/C13H15FN4/c1-2-10-12(15)17-8-18-13(10)16-7-9-5-3-4-6-11(9)14/h3-6,8H,2,7H2,1H3,(H3,15,16,17,18). The molecule has 18 heavy (non-hydrogen) atoms. The highest BCUT2D eigenvalue weighted by molar-refractivity contribution is 5.55.